The Morgan fingerprint density at radius 1 is 0.784 bits per heavy atom. The number of carbonyl (C=O) groups is 2. The zero-order valence-electron chi connectivity index (χ0n) is 22.9. The maximum Gasteiger partial charge on any atom is 0.420 e. The van der Waals surface area contributed by atoms with Crippen molar-refractivity contribution in [2.24, 2.45) is 0 Å². The molecule has 0 aliphatic heterocycles. The second kappa shape index (κ2) is 10.9. The third-order valence-electron chi connectivity index (χ3n) is 5.07. The van der Waals surface area contributed by atoms with Crippen LogP contribution in [0.15, 0.2) is 49.1 Å². The zero-order valence-corrected chi connectivity index (χ0v) is 27.9. The number of hydrogen-bond acceptors (Lipinski definition) is 6. The van der Waals surface area contributed by atoms with Crippen molar-refractivity contribution in [3.63, 3.8) is 0 Å². The minimum Gasteiger partial charge on any atom is -0.443 e. The van der Waals surface area contributed by atoms with Gasteiger partial charge < -0.3 is 4.74 Å². The summed E-state index contributed by atoms with van der Waals surface area (Å²) in [4.78, 5) is 39.9. The van der Waals surface area contributed by atoms with E-state index in [4.69, 9.17) is 9.47 Å². The van der Waals surface area contributed by atoms with Gasteiger partial charge >= 0.3 is 130 Å². The number of pyridine rings is 2. The Labute approximate surface area is 235 Å². The molecule has 198 valence electrons. The number of halogens is 1. The fourth-order valence-corrected chi connectivity index (χ4v) is 8.61. The molecule has 0 aliphatic rings. The van der Waals surface area contributed by atoms with E-state index in [0.717, 1.165) is 14.3 Å². The van der Waals surface area contributed by atoms with Gasteiger partial charge in [0.05, 0.1) is 0 Å². The molecule has 0 saturated carbocycles. The molecule has 37 heavy (non-hydrogen) atoms. The van der Waals surface area contributed by atoms with Crippen molar-refractivity contribution in [1.29, 1.82) is 0 Å². The van der Waals surface area contributed by atoms with E-state index in [1.165, 1.54) is 8.15 Å². The number of fused-ring (bicyclic) bond motifs is 2. The molecule has 10 heteroatoms. The van der Waals surface area contributed by atoms with Crippen LogP contribution in [0, 0.1) is 3.57 Å². The molecule has 0 fully saturated rings. The number of nitrogens with zero attached hydrogens (tertiary/aromatic N) is 4. The summed E-state index contributed by atoms with van der Waals surface area (Å²) >= 11 is -0.132. The van der Waals surface area contributed by atoms with E-state index < -0.39 is 35.7 Å². The van der Waals surface area contributed by atoms with Crippen LogP contribution >= 0.6 is 22.6 Å². The average Bonchev–Trinajstić information content (AvgIpc) is 3.31. The number of hydrogen-bond donors (Lipinski definition) is 0. The largest absolute Gasteiger partial charge is 0.443 e. The first-order valence-corrected chi connectivity index (χ1v) is 23.1. The number of aromatic nitrogens is 4. The number of rotatable bonds is 1. The molecule has 0 radical (unpaired) electrons. The van der Waals surface area contributed by atoms with E-state index >= 15 is 0 Å². The van der Waals surface area contributed by atoms with Gasteiger partial charge in [-0.15, -0.1) is 0 Å². The predicted octanol–water partition coefficient (Wildman–Crippen LogP) is 6.79. The molecule has 0 saturated heterocycles. The molecule has 0 N–H and O–H groups in total. The molecule has 4 aromatic heterocycles. The smallest absolute Gasteiger partial charge is 0.420 e. The Morgan fingerprint density at radius 2 is 1.22 bits per heavy atom. The Hall–Kier alpha value is -2.15. The topological polar surface area (TPSA) is 88.2 Å². The molecular formula is C27H35IN4O4Sn. The van der Waals surface area contributed by atoms with Crippen LogP contribution in [0.3, 0.4) is 0 Å². The normalized spacial score (nSPS) is 12.3. The predicted molar refractivity (Wildman–Crippen MR) is 158 cm³/mol. The molecule has 0 spiro atoms. The summed E-state index contributed by atoms with van der Waals surface area (Å²) in [5.41, 5.74) is 0.316. The van der Waals surface area contributed by atoms with Crippen molar-refractivity contribution in [3.05, 3.63) is 52.6 Å². The van der Waals surface area contributed by atoms with Gasteiger partial charge in [0.1, 0.15) is 11.2 Å². The quantitative estimate of drug-likeness (QED) is 0.159. The van der Waals surface area contributed by atoms with Crippen molar-refractivity contribution in [2.45, 2.75) is 67.6 Å². The molecular weight excluding hydrogens is 690 g/mol. The second-order valence-electron chi connectivity index (χ2n) is 11.7. The first-order valence-electron chi connectivity index (χ1n) is 12.0. The first-order chi connectivity index (χ1) is 17.0. The van der Waals surface area contributed by atoms with Crippen molar-refractivity contribution >= 4 is 78.8 Å². The van der Waals surface area contributed by atoms with Gasteiger partial charge in [0.25, 0.3) is 0 Å². The van der Waals surface area contributed by atoms with E-state index in [2.05, 4.69) is 47.4 Å². The maximum absolute atomic E-state index is 12.3. The summed E-state index contributed by atoms with van der Waals surface area (Å²) in [6.45, 7) is 11.1. The van der Waals surface area contributed by atoms with Gasteiger partial charge in [-0.25, -0.2) is 14.3 Å². The first kappa shape index (κ1) is 29.4. The van der Waals surface area contributed by atoms with Crippen molar-refractivity contribution in [3.8, 4) is 0 Å². The molecule has 0 aliphatic carbocycles. The maximum atomic E-state index is 12.3. The van der Waals surface area contributed by atoms with Crippen LogP contribution in [0.25, 0.3) is 22.1 Å². The summed E-state index contributed by atoms with van der Waals surface area (Å²) < 4.78 is 16.1. The molecule has 4 heterocycles. The molecule has 0 bridgehead atoms. The van der Waals surface area contributed by atoms with Crippen molar-refractivity contribution in [1.82, 2.24) is 19.1 Å². The molecule has 8 nitrogen and oxygen atoms in total. The van der Waals surface area contributed by atoms with Crippen LogP contribution in [0.4, 0.5) is 9.59 Å². The Bertz CT molecular complexity index is 1440. The van der Waals surface area contributed by atoms with Crippen LogP contribution in [-0.2, 0) is 9.47 Å². The Kier molecular flexibility index (Phi) is 8.67. The molecule has 0 unspecified atom stereocenters. The summed E-state index contributed by atoms with van der Waals surface area (Å²) in [6.07, 6.45) is 6.30. The van der Waals surface area contributed by atoms with Gasteiger partial charge in [0.15, 0.2) is 0 Å². The van der Waals surface area contributed by atoms with E-state index in [0.29, 0.717) is 11.3 Å². The molecule has 0 atom stereocenters. The Morgan fingerprint density at radius 3 is 1.68 bits per heavy atom. The number of carbonyl (C=O) groups excluding carboxylic acids is 2. The minimum absolute atomic E-state index is 0.358. The van der Waals surface area contributed by atoms with Crippen LogP contribution in [0.5, 0.6) is 0 Å². The second-order valence-corrected chi connectivity index (χ2v) is 27.3. The Balaban J connectivity index is 0.000000208. The van der Waals surface area contributed by atoms with Gasteiger partial charge in [0, 0.05) is 21.4 Å². The monoisotopic (exact) mass is 726 g/mol. The summed E-state index contributed by atoms with van der Waals surface area (Å²) in [5, 5.41) is 2.04. The minimum atomic E-state index is -2.31. The fourth-order valence-electron chi connectivity index (χ4n) is 3.58. The van der Waals surface area contributed by atoms with Crippen molar-refractivity contribution < 1.29 is 19.1 Å². The molecule has 0 amide bonds. The van der Waals surface area contributed by atoms with Crippen LogP contribution < -0.4 is 3.58 Å². The molecule has 4 aromatic rings. The standard InChI is InChI=1S/C12H13IN2O2.C12H13N2O2.3CH3.Sn/c1-12(2,3)17-11(16)15-7-9(13)8-5-4-6-14-10(8)15;1-12(2,3)16-11(15)14-8-6-9-5-4-7-13-10(9)14;;;;/h4-7H,1-3H3;4-5,7-8H,1-3H3;3*1H3;. The van der Waals surface area contributed by atoms with Crippen LogP contribution in [0.2, 0.25) is 14.8 Å². The molecule has 0 aromatic carbocycles. The zero-order chi connectivity index (χ0) is 27.8. The summed E-state index contributed by atoms with van der Waals surface area (Å²) in [6, 6.07) is 7.75. The van der Waals surface area contributed by atoms with Crippen molar-refractivity contribution in [2.75, 3.05) is 0 Å². The summed E-state index contributed by atoms with van der Waals surface area (Å²) in [7, 11) is 0. The third-order valence-corrected chi connectivity index (χ3v) is 11.7. The van der Waals surface area contributed by atoms with E-state index in [-0.39, 0.29) is 6.09 Å². The van der Waals surface area contributed by atoms with Gasteiger partial charge in [-0.3, -0.25) is 0 Å². The van der Waals surface area contributed by atoms with Gasteiger partial charge in [-0.2, -0.15) is 0 Å². The summed E-state index contributed by atoms with van der Waals surface area (Å²) in [5.74, 6) is 0. The van der Waals surface area contributed by atoms with Gasteiger partial charge in [-0.05, 0) is 55.5 Å². The van der Waals surface area contributed by atoms with E-state index in [1.54, 1.807) is 23.2 Å². The van der Waals surface area contributed by atoms with Gasteiger partial charge in [-0.1, -0.05) is 0 Å². The fraction of sp³-hybridized carbons (Fsp3) is 0.407. The van der Waals surface area contributed by atoms with Crippen LogP contribution in [0.1, 0.15) is 41.5 Å². The van der Waals surface area contributed by atoms with Crippen LogP contribution in [-0.4, -0.2) is 60.9 Å². The van der Waals surface area contributed by atoms with E-state index in [1.807, 2.05) is 72.0 Å². The average molecular weight is 725 g/mol. The number of ether oxygens (including phenoxy) is 2. The van der Waals surface area contributed by atoms with E-state index in [9.17, 15) is 9.59 Å². The SMILES string of the molecule is CC(C)(C)OC(=O)n1c[c]([Sn]([CH3])([CH3])[CH3])c2cccnc21.CC(C)(C)OC(=O)n1cc(I)c2cccnc21. The molecule has 4 rings (SSSR count). The third kappa shape index (κ3) is 7.46. The van der Waals surface area contributed by atoms with Gasteiger partial charge in [0.2, 0.25) is 0 Å².